The molecule has 33 heavy (non-hydrogen) atoms. The summed E-state index contributed by atoms with van der Waals surface area (Å²) < 4.78 is 44.3. The molecule has 0 aliphatic rings. The Morgan fingerprint density at radius 1 is 1.03 bits per heavy atom. The number of sulfonamides is 1. The number of halogens is 2. The van der Waals surface area contributed by atoms with Gasteiger partial charge < -0.3 is 9.73 Å². The molecule has 1 heterocycles. The van der Waals surface area contributed by atoms with E-state index in [2.05, 4.69) is 10.4 Å². The van der Waals surface area contributed by atoms with Crippen LogP contribution in [0.1, 0.15) is 15.9 Å². The molecule has 4 rings (SSSR count). The van der Waals surface area contributed by atoms with Gasteiger partial charge in [-0.05, 0) is 55.0 Å². The van der Waals surface area contributed by atoms with Crippen LogP contribution in [-0.4, -0.2) is 14.3 Å². The Morgan fingerprint density at radius 3 is 2.58 bits per heavy atom. The van der Waals surface area contributed by atoms with Crippen LogP contribution in [0.3, 0.4) is 0 Å². The van der Waals surface area contributed by atoms with E-state index in [0.717, 1.165) is 23.8 Å². The van der Waals surface area contributed by atoms with Gasteiger partial charge in [0.1, 0.15) is 17.0 Å². The molecule has 1 amide bonds. The molecule has 0 radical (unpaired) electrons. The lowest BCUT2D eigenvalue weighted by atomic mass is 10.1. The SMILES string of the molecule is Cc1cccc(NC(=O)c2cc3ccccc3o/c2=N/NS(=O)(=O)c2ccc(F)c(Cl)c2)c1. The lowest BCUT2D eigenvalue weighted by Gasteiger charge is -2.08. The van der Waals surface area contributed by atoms with Crippen LogP contribution >= 0.6 is 11.6 Å². The molecule has 0 saturated carbocycles. The number of hydrogen-bond donors (Lipinski definition) is 2. The first-order valence-electron chi connectivity index (χ1n) is 9.64. The van der Waals surface area contributed by atoms with E-state index in [4.69, 9.17) is 16.0 Å². The standard InChI is InChI=1S/C23H17ClFN3O4S/c1-14-5-4-7-16(11-14)26-22(29)18-12-15-6-2-3-8-21(15)32-23(18)27-28-33(30,31)17-9-10-20(25)19(24)13-17/h2-13,28H,1H3,(H,26,29)/b27-23+. The molecule has 3 aromatic carbocycles. The minimum atomic E-state index is -4.22. The Hall–Kier alpha value is -3.69. The van der Waals surface area contributed by atoms with Gasteiger partial charge in [0.05, 0.1) is 9.92 Å². The largest absolute Gasteiger partial charge is 0.436 e. The fourth-order valence-electron chi connectivity index (χ4n) is 3.03. The maximum Gasteiger partial charge on any atom is 0.276 e. The van der Waals surface area contributed by atoms with Crippen LogP contribution in [0.5, 0.6) is 0 Å². The smallest absolute Gasteiger partial charge is 0.276 e. The summed E-state index contributed by atoms with van der Waals surface area (Å²) in [7, 11) is -4.22. The number of rotatable bonds is 5. The van der Waals surface area contributed by atoms with Crippen molar-refractivity contribution in [2.45, 2.75) is 11.8 Å². The van der Waals surface area contributed by atoms with E-state index < -0.39 is 21.7 Å². The van der Waals surface area contributed by atoms with Gasteiger partial charge in [-0.2, -0.15) is 13.2 Å². The first-order valence-corrected chi connectivity index (χ1v) is 11.5. The highest BCUT2D eigenvalue weighted by molar-refractivity contribution is 7.89. The first kappa shape index (κ1) is 22.5. The number of carbonyl (C=O) groups excluding carboxylic acids is 1. The number of aryl methyl sites for hydroxylation is 1. The van der Waals surface area contributed by atoms with Gasteiger partial charge in [0.15, 0.2) is 0 Å². The van der Waals surface area contributed by atoms with Gasteiger partial charge in [0.2, 0.25) is 5.55 Å². The molecule has 1 aromatic heterocycles. The molecule has 0 unspecified atom stereocenters. The molecule has 0 fully saturated rings. The van der Waals surface area contributed by atoms with E-state index in [1.165, 1.54) is 0 Å². The third-order valence-corrected chi connectivity index (χ3v) is 6.14. The van der Waals surface area contributed by atoms with Gasteiger partial charge in [-0.25, -0.2) is 4.39 Å². The zero-order valence-corrected chi connectivity index (χ0v) is 18.7. The minimum Gasteiger partial charge on any atom is -0.436 e. The quantitative estimate of drug-likeness (QED) is 0.404. The van der Waals surface area contributed by atoms with Crippen LogP contribution in [0.15, 0.2) is 87.2 Å². The van der Waals surface area contributed by atoms with Gasteiger partial charge >= 0.3 is 0 Å². The summed E-state index contributed by atoms with van der Waals surface area (Å²) in [5.74, 6) is -1.30. The van der Waals surface area contributed by atoms with Crippen LogP contribution in [-0.2, 0) is 10.0 Å². The molecule has 0 aliphatic carbocycles. The van der Waals surface area contributed by atoms with Gasteiger partial charge in [0, 0.05) is 11.1 Å². The van der Waals surface area contributed by atoms with E-state index in [1.807, 2.05) is 17.8 Å². The van der Waals surface area contributed by atoms with Crippen molar-refractivity contribution in [2.75, 3.05) is 5.32 Å². The second kappa shape index (κ2) is 9.05. The third-order valence-electron chi connectivity index (χ3n) is 4.65. The van der Waals surface area contributed by atoms with Crippen LogP contribution < -0.4 is 15.7 Å². The first-order chi connectivity index (χ1) is 15.7. The summed E-state index contributed by atoms with van der Waals surface area (Å²) in [6, 6.07) is 18.6. The Bertz CT molecular complexity index is 1550. The molecular formula is C23H17ClFN3O4S. The van der Waals surface area contributed by atoms with Gasteiger partial charge in [-0.15, -0.1) is 5.10 Å². The van der Waals surface area contributed by atoms with Crippen molar-refractivity contribution in [3.8, 4) is 0 Å². The van der Waals surface area contributed by atoms with Gasteiger partial charge in [-0.3, -0.25) is 4.79 Å². The number of amides is 1. The van der Waals surface area contributed by atoms with E-state index in [0.29, 0.717) is 16.7 Å². The predicted molar refractivity (Wildman–Crippen MR) is 123 cm³/mol. The van der Waals surface area contributed by atoms with Crippen molar-refractivity contribution in [2.24, 2.45) is 5.10 Å². The molecule has 0 aliphatic heterocycles. The lowest BCUT2D eigenvalue weighted by molar-refractivity contribution is 0.102. The summed E-state index contributed by atoms with van der Waals surface area (Å²) in [6.07, 6.45) is 0. The van der Waals surface area contributed by atoms with Crippen LogP contribution in [0.2, 0.25) is 5.02 Å². The molecular weight excluding hydrogens is 469 g/mol. The van der Waals surface area contributed by atoms with Crippen molar-refractivity contribution < 1.29 is 22.0 Å². The van der Waals surface area contributed by atoms with Crippen LogP contribution in [0, 0.1) is 12.7 Å². The number of anilines is 1. The van der Waals surface area contributed by atoms with E-state index in [1.54, 1.807) is 48.5 Å². The normalized spacial score (nSPS) is 12.0. The average Bonchev–Trinajstić information content (AvgIpc) is 2.79. The highest BCUT2D eigenvalue weighted by Gasteiger charge is 2.17. The van der Waals surface area contributed by atoms with Crippen LogP contribution in [0.4, 0.5) is 10.1 Å². The molecule has 0 atom stereocenters. The number of hydrogen-bond acceptors (Lipinski definition) is 5. The highest BCUT2D eigenvalue weighted by Crippen LogP contribution is 2.19. The predicted octanol–water partition coefficient (Wildman–Crippen LogP) is 4.58. The van der Waals surface area contributed by atoms with Crippen molar-refractivity contribution in [3.63, 3.8) is 0 Å². The number of benzene rings is 3. The number of carbonyl (C=O) groups is 1. The van der Waals surface area contributed by atoms with E-state index in [9.17, 15) is 17.6 Å². The Kier molecular flexibility index (Phi) is 6.17. The molecule has 4 aromatic rings. The molecule has 2 N–H and O–H groups in total. The zero-order valence-electron chi connectivity index (χ0n) is 17.2. The summed E-state index contributed by atoms with van der Waals surface area (Å²) in [6.45, 7) is 1.89. The average molecular weight is 486 g/mol. The summed E-state index contributed by atoms with van der Waals surface area (Å²) >= 11 is 5.69. The van der Waals surface area contributed by atoms with Crippen LogP contribution in [0.25, 0.3) is 11.0 Å². The van der Waals surface area contributed by atoms with E-state index >= 15 is 0 Å². The summed E-state index contributed by atoms with van der Waals surface area (Å²) in [5, 5.41) is 6.85. The fraction of sp³-hybridized carbons (Fsp3) is 0.0435. The minimum absolute atomic E-state index is 0.00930. The highest BCUT2D eigenvalue weighted by atomic mass is 35.5. The fourth-order valence-corrected chi connectivity index (χ4v) is 4.11. The molecule has 7 nitrogen and oxygen atoms in total. The number of nitrogens with zero attached hydrogens (tertiary/aromatic N) is 1. The topological polar surface area (TPSA) is 101 Å². The number of fused-ring (bicyclic) bond motifs is 1. The van der Waals surface area contributed by atoms with Gasteiger partial charge in [0.25, 0.3) is 15.9 Å². The third kappa shape index (κ3) is 5.05. The van der Waals surface area contributed by atoms with Gasteiger partial charge in [-0.1, -0.05) is 41.9 Å². The monoisotopic (exact) mass is 485 g/mol. The number of nitrogens with one attached hydrogen (secondary N) is 2. The van der Waals surface area contributed by atoms with Crippen molar-refractivity contribution in [1.29, 1.82) is 0 Å². The zero-order chi connectivity index (χ0) is 23.6. The Labute approximate surface area is 193 Å². The number of para-hydroxylation sites is 1. The molecule has 0 bridgehead atoms. The Balaban J connectivity index is 1.76. The Morgan fingerprint density at radius 2 is 1.82 bits per heavy atom. The van der Waals surface area contributed by atoms with Crippen molar-refractivity contribution >= 4 is 44.2 Å². The summed E-state index contributed by atoms with van der Waals surface area (Å²) in [5.41, 5.74) is 1.66. The maximum atomic E-state index is 13.4. The molecule has 0 saturated heterocycles. The summed E-state index contributed by atoms with van der Waals surface area (Å²) in [4.78, 5) is 14.7. The maximum absolute atomic E-state index is 13.4. The van der Waals surface area contributed by atoms with E-state index in [-0.39, 0.29) is 21.0 Å². The molecule has 10 heteroatoms. The second-order valence-electron chi connectivity index (χ2n) is 7.11. The van der Waals surface area contributed by atoms with Crippen molar-refractivity contribution in [3.05, 3.63) is 100 Å². The molecule has 0 spiro atoms. The lowest BCUT2D eigenvalue weighted by Crippen LogP contribution is -2.27. The second-order valence-corrected chi connectivity index (χ2v) is 9.18. The molecule has 168 valence electrons. The van der Waals surface area contributed by atoms with Crippen molar-refractivity contribution in [1.82, 2.24) is 4.83 Å².